The van der Waals surface area contributed by atoms with Gasteiger partial charge in [-0.15, -0.1) is 0 Å². The zero-order valence-electron chi connectivity index (χ0n) is 9.64. The van der Waals surface area contributed by atoms with Crippen molar-refractivity contribution in [2.45, 2.75) is 6.92 Å². The molecule has 3 rings (SSSR count). The Labute approximate surface area is 103 Å². The van der Waals surface area contributed by atoms with Crippen molar-refractivity contribution in [3.05, 3.63) is 69.7 Å². The van der Waals surface area contributed by atoms with E-state index in [4.69, 9.17) is 0 Å². The predicted molar refractivity (Wildman–Crippen MR) is 63.4 cm³/mol. The minimum Gasteiger partial charge on any atom is -0.618 e. The first-order valence-corrected chi connectivity index (χ1v) is 5.52. The van der Waals surface area contributed by atoms with Gasteiger partial charge in [-0.05, 0) is 12.5 Å². The fourth-order valence-corrected chi connectivity index (χ4v) is 2.28. The first-order valence-electron chi connectivity index (χ1n) is 5.52. The number of fused-ring (bicyclic) bond motifs is 2. The van der Waals surface area contributed by atoms with E-state index in [2.05, 4.69) is 0 Å². The van der Waals surface area contributed by atoms with Crippen LogP contribution in [0.15, 0.2) is 36.5 Å². The summed E-state index contributed by atoms with van der Waals surface area (Å²) in [5, 5.41) is 11.7. The van der Waals surface area contributed by atoms with Gasteiger partial charge in [0.05, 0.1) is 0 Å². The van der Waals surface area contributed by atoms with Crippen LogP contribution in [0.1, 0.15) is 37.5 Å². The van der Waals surface area contributed by atoms with Crippen molar-refractivity contribution in [1.29, 1.82) is 0 Å². The minimum absolute atomic E-state index is 0.0706. The van der Waals surface area contributed by atoms with Crippen LogP contribution in [0.25, 0.3) is 0 Å². The number of aryl methyl sites for hydroxylation is 1. The molecule has 0 amide bonds. The highest BCUT2D eigenvalue weighted by atomic mass is 16.5. The van der Waals surface area contributed by atoms with Crippen molar-refractivity contribution in [3.8, 4) is 0 Å². The normalized spacial score (nSPS) is 13.2. The van der Waals surface area contributed by atoms with Gasteiger partial charge >= 0.3 is 0 Å². The van der Waals surface area contributed by atoms with Gasteiger partial charge in [-0.3, -0.25) is 9.59 Å². The van der Waals surface area contributed by atoms with E-state index >= 15 is 0 Å². The first-order chi connectivity index (χ1) is 8.61. The molecule has 0 N–H and O–H groups in total. The SMILES string of the molecule is Cc1cc[n+]([O-])c2c1C(=O)c1ccccc1C2=O. The van der Waals surface area contributed by atoms with E-state index in [1.807, 2.05) is 0 Å². The maximum atomic E-state index is 12.3. The molecular weight excluding hydrogens is 230 g/mol. The predicted octanol–water partition coefficient (Wildman–Crippen LogP) is 1.40. The summed E-state index contributed by atoms with van der Waals surface area (Å²) in [7, 11) is 0. The summed E-state index contributed by atoms with van der Waals surface area (Å²) in [6.07, 6.45) is 1.26. The highest BCUT2D eigenvalue weighted by Gasteiger charge is 2.36. The molecule has 0 radical (unpaired) electrons. The number of ketones is 2. The molecule has 1 aromatic heterocycles. The standard InChI is InChI=1S/C14H9NO3/c1-8-6-7-15(18)12-11(8)13(16)9-4-2-3-5-10(9)14(12)17/h2-7H,1H3. The van der Waals surface area contributed by atoms with Crippen molar-refractivity contribution in [2.24, 2.45) is 0 Å². The number of carbonyl (C=O) groups excluding carboxylic acids is 2. The van der Waals surface area contributed by atoms with Crippen LogP contribution in [0.3, 0.4) is 0 Å². The fraction of sp³-hybridized carbons (Fsp3) is 0.0714. The Morgan fingerprint density at radius 1 is 1.00 bits per heavy atom. The minimum atomic E-state index is -0.390. The fourth-order valence-electron chi connectivity index (χ4n) is 2.28. The van der Waals surface area contributed by atoms with E-state index in [9.17, 15) is 14.8 Å². The number of nitrogens with zero attached hydrogens (tertiary/aromatic N) is 1. The Kier molecular flexibility index (Phi) is 2.07. The van der Waals surface area contributed by atoms with E-state index in [1.165, 1.54) is 6.20 Å². The average Bonchev–Trinajstić information content (AvgIpc) is 2.38. The molecule has 0 atom stereocenters. The lowest BCUT2D eigenvalue weighted by atomic mass is 9.85. The number of aromatic nitrogens is 1. The molecule has 0 bridgehead atoms. The summed E-state index contributed by atoms with van der Waals surface area (Å²) in [6, 6.07) is 8.12. The van der Waals surface area contributed by atoms with Crippen LogP contribution in [0, 0.1) is 12.1 Å². The van der Waals surface area contributed by atoms with Crippen LogP contribution in [-0.2, 0) is 0 Å². The lowest BCUT2D eigenvalue weighted by molar-refractivity contribution is -0.607. The van der Waals surface area contributed by atoms with E-state index in [-0.39, 0.29) is 22.8 Å². The van der Waals surface area contributed by atoms with Crippen molar-refractivity contribution in [2.75, 3.05) is 0 Å². The van der Waals surface area contributed by atoms with Crippen LogP contribution in [0.2, 0.25) is 0 Å². The average molecular weight is 239 g/mol. The van der Waals surface area contributed by atoms with Crippen molar-refractivity contribution >= 4 is 11.6 Å². The third-order valence-corrected chi connectivity index (χ3v) is 3.17. The molecule has 1 aromatic carbocycles. The molecule has 88 valence electrons. The quantitative estimate of drug-likeness (QED) is 0.440. The largest absolute Gasteiger partial charge is 0.618 e. The van der Waals surface area contributed by atoms with E-state index in [0.29, 0.717) is 21.4 Å². The number of benzene rings is 1. The molecule has 2 aromatic rings. The molecule has 18 heavy (non-hydrogen) atoms. The zero-order valence-corrected chi connectivity index (χ0v) is 9.64. The Morgan fingerprint density at radius 3 is 2.28 bits per heavy atom. The molecule has 4 heteroatoms. The van der Waals surface area contributed by atoms with Crippen LogP contribution >= 0.6 is 0 Å². The first kappa shape index (κ1) is 10.7. The summed E-state index contributed by atoms with van der Waals surface area (Å²) in [4.78, 5) is 24.6. The molecule has 0 aliphatic heterocycles. The molecule has 0 unspecified atom stereocenters. The van der Waals surface area contributed by atoms with Gasteiger partial charge in [-0.2, -0.15) is 4.73 Å². The summed E-state index contributed by atoms with van der Waals surface area (Å²) in [5.74, 6) is -0.651. The third kappa shape index (κ3) is 1.23. The molecule has 1 heterocycles. The van der Waals surface area contributed by atoms with Crippen LogP contribution in [0.4, 0.5) is 0 Å². The van der Waals surface area contributed by atoms with Crippen LogP contribution in [0.5, 0.6) is 0 Å². The summed E-state index contributed by atoms with van der Waals surface area (Å²) < 4.78 is 0.471. The molecule has 0 spiro atoms. The molecule has 0 saturated heterocycles. The summed E-state index contributed by atoms with van der Waals surface area (Å²) >= 11 is 0. The highest BCUT2D eigenvalue weighted by molar-refractivity contribution is 6.27. The molecular formula is C14H9NO3. The lowest BCUT2D eigenvalue weighted by Gasteiger charge is -2.17. The van der Waals surface area contributed by atoms with Crippen molar-refractivity contribution < 1.29 is 14.3 Å². The summed E-state index contributed by atoms with van der Waals surface area (Å²) in [6.45, 7) is 1.72. The number of pyridine rings is 1. The maximum Gasteiger partial charge on any atom is 0.276 e. The Hall–Kier alpha value is -2.49. The molecule has 0 fully saturated rings. The van der Waals surface area contributed by atoms with Crippen molar-refractivity contribution in [3.63, 3.8) is 0 Å². The molecule has 1 aliphatic rings. The smallest absolute Gasteiger partial charge is 0.276 e. The third-order valence-electron chi connectivity index (χ3n) is 3.17. The van der Waals surface area contributed by atoms with Crippen LogP contribution < -0.4 is 4.73 Å². The van der Waals surface area contributed by atoms with Gasteiger partial charge < -0.3 is 5.21 Å². The van der Waals surface area contributed by atoms with Gasteiger partial charge in [-0.25, -0.2) is 0 Å². The maximum absolute atomic E-state index is 12.3. The van der Waals surface area contributed by atoms with Gasteiger partial charge in [0, 0.05) is 17.2 Å². The van der Waals surface area contributed by atoms with Crippen LogP contribution in [-0.4, -0.2) is 11.6 Å². The van der Waals surface area contributed by atoms with Gasteiger partial charge in [0.25, 0.3) is 11.5 Å². The van der Waals surface area contributed by atoms with Crippen molar-refractivity contribution in [1.82, 2.24) is 0 Å². The second-order valence-electron chi connectivity index (χ2n) is 4.25. The Bertz CT molecular complexity index is 644. The van der Waals surface area contributed by atoms with Gasteiger partial charge in [-0.1, -0.05) is 24.3 Å². The number of hydrogen-bond donors (Lipinski definition) is 0. The number of carbonyl (C=O) groups is 2. The second-order valence-corrected chi connectivity index (χ2v) is 4.25. The number of hydrogen-bond acceptors (Lipinski definition) is 3. The molecule has 0 saturated carbocycles. The Morgan fingerprint density at radius 2 is 1.61 bits per heavy atom. The Balaban J connectivity index is 2.41. The molecule has 1 aliphatic carbocycles. The van der Waals surface area contributed by atoms with E-state index < -0.39 is 0 Å². The van der Waals surface area contributed by atoms with Gasteiger partial charge in [0.2, 0.25) is 5.78 Å². The summed E-state index contributed by atoms with van der Waals surface area (Å²) in [5.41, 5.74) is 1.45. The van der Waals surface area contributed by atoms with Gasteiger partial charge in [0.15, 0.2) is 6.20 Å². The number of rotatable bonds is 0. The zero-order chi connectivity index (χ0) is 12.9. The second kappa shape index (κ2) is 3.50. The van der Waals surface area contributed by atoms with Gasteiger partial charge in [0.1, 0.15) is 5.56 Å². The highest BCUT2D eigenvalue weighted by Crippen LogP contribution is 2.26. The lowest BCUT2D eigenvalue weighted by Crippen LogP contribution is -2.40. The monoisotopic (exact) mass is 239 g/mol. The van der Waals surface area contributed by atoms with E-state index in [1.54, 1.807) is 37.3 Å². The molecule has 4 nitrogen and oxygen atoms in total. The van der Waals surface area contributed by atoms with E-state index in [0.717, 1.165) is 0 Å². The topological polar surface area (TPSA) is 61.1 Å².